The molecule has 0 saturated heterocycles. The van der Waals surface area contributed by atoms with E-state index < -0.39 is 11.7 Å². The molecule has 0 heterocycles. The molecule has 0 aliphatic heterocycles. The Bertz CT molecular complexity index is 358. The highest BCUT2D eigenvalue weighted by molar-refractivity contribution is 5.29. The van der Waals surface area contributed by atoms with E-state index in [4.69, 9.17) is 5.73 Å². The van der Waals surface area contributed by atoms with Gasteiger partial charge >= 0.3 is 6.18 Å². The molecule has 0 aromatic heterocycles. The zero-order valence-corrected chi connectivity index (χ0v) is 10.1. The Kier molecular flexibility index (Phi) is 4.57. The van der Waals surface area contributed by atoms with Crippen molar-refractivity contribution in [1.82, 2.24) is 0 Å². The number of rotatable bonds is 4. The molecule has 0 spiro atoms. The van der Waals surface area contributed by atoms with Gasteiger partial charge in [0.05, 0.1) is 5.56 Å². The molecule has 0 aliphatic carbocycles. The molecule has 2 N–H and O–H groups in total. The van der Waals surface area contributed by atoms with E-state index in [1.807, 2.05) is 13.8 Å². The van der Waals surface area contributed by atoms with Gasteiger partial charge in [-0.3, -0.25) is 0 Å². The summed E-state index contributed by atoms with van der Waals surface area (Å²) in [6.07, 6.45) is -3.34. The van der Waals surface area contributed by atoms with E-state index in [1.165, 1.54) is 12.1 Å². The highest BCUT2D eigenvalue weighted by Gasteiger charge is 2.32. The van der Waals surface area contributed by atoms with Crippen molar-refractivity contribution < 1.29 is 13.2 Å². The minimum absolute atomic E-state index is 0.0590. The Morgan fingerprint density at radius 3 is 2.29 bits per heavy atom. The number of hydrogen-bond donors (Lipinski definition) is 1. The predicted molar refractivity (Wildman–Crippen MR) is 62.6 cm³/mol. The quantitative estimate of drug-likeness (QED) is 0.861. The summed E-state index contributed by atoms with van der Waals surface area (Å²) in [4.78, 5) is 0. The van der Waals surface area contributed by atoms with Crippen LogP contribution < -0.4 is 5.73 Å². The molecular weight excluding hydrogens is 227 g/mol. The molecule has 1 nitrogen and oxygen atoms in total. The third-order valence-electron chi connectivity index (χ3n) is 2.93. The van der Waals surface area contributed by atoms with E-state index in [-0.39, 0.29) is 12.0 Å². The number of nitrogens with two attached hydrogens (primary N) is 1. The van der Waals surface area contributed by atoms with Crippen LogP contribution in [0.5, 0.6) is 0 Å². The Morgan fingerprint density at radius 1 is 1.18 bits per heavy atom. The molecule has 4 heteroatoms. The zero-order chi connectivity index (χ0) is 13.1. The highest BCUT2D eigenvalue weighted by Crippen LogP contribution is 2.32. The normalized spacial score (nSPS) is 14.1. The van der Waals surface area contributed by atoms with Crippen LogP contribution in [0.25, 0.3) is 0 Å². The van der Waals surface area contributed by atoms with Crippen LogP contribution in [-0.2, 0) is 12.6 Å². The maximum Gasteiger partial charge on any atom is 0.416 e. The summed E-state index contributed by atoms with van der Waals surface area (Å²) in [6, 6.07) is 5.63. The van der Waals surface area contributed by atoms with Gasteiger partial charge in [-0.1, -0.05) is 32.0 Å². The molecule has 96 valence electrons. The third kappa shape index (κ3) is 4.04. The van der Waals surface area contributed by atoms with Crippen LogP contribution in [0.15, 0.2) is 24.3 Å². The number of halogens is 3. The molecule has 1 unspecified atom stereocenters. The van der Waals surface area contributed by atoms with Crippen molar-refractivity contribution in [1.29, 1.82) is 0 Å². The predicted octanol–water partition coefficient (Wildman–Crippen LogP) is 3.62. The van der Waals surface area contributed by atoms with Crippen LogP contribution in [0.3, 0.4) is 0 Å². The van der Waals surface area contributed by atoms with E-state index in [0.29, 0.717) is 18.4 Å². The van der Waals surface area contributed by atoms with Crippen LogP contribution in [0, 0.1) is 5.92 Å². The Hall–Kier alpha value is -1.03. The van der Waals surface area contributed by atoms with E-state index in [9.17, 15) is 13.2 Å². The smallest absolute Gasteiger partial charge is 0.327 e. The molecule has 0 bridgehead atoms. The summed E-state index contributed by atoms with van der Waals surface area (Å²) in [5.74, 6) is 0.285. The number of alkyl halides is 3. The number of hydrogen-bond acceptors (Lipinski definition) is 1. The number of benzene rings is 1. The van der Waals surface area contributed by atoms with Gasteiger partial charge in [0.1, 0.15) is 0 Å². The van der Waals surface area contributed by atoms with Gasteiger partial charge in [-0.25, -0.2) is 0 Å². The SMILES string of the molecule is CC(C)C(N)CCc1ccccc1C(F)(F)F. The molecule has 1 rings (SSSR count). The zero-order valence-electron chi connectivity index (χ0n) is 10.1. The first-order chi connectivity index (χ1) is 7.82. The van der Waals surface area contributed by atoms with Gasteiger partial charge in [-0.2, -0.15) is 13.2 Å². The fourth-order valence-corrected chi connectivity index (χ4v) is 1.67. The van der Waals surface area contributed by atoms with Crippen molar-refractivity contribution in [3.05, 3.63) is 35.4 Å². The maximum atomic E-state index is 12.7. The van der Waals surface area contributed by atoms with Crippen LogP contribution >= 0.6 is 0 Å². The first-order valence-corrected chi connectivity index (χ1v) is 5.73. The lowest BCUT2D eigenvalue weighted by Gasteiger charge is -2.17. The van der Waals surface area contributed by atoms with Crippen molar-refractivity contribution in [3.63, 3.8) is 0 Å². The second-order valence-corrected chi connectivity index (χ2v) is 4.60. The van der Waals surface area contributed by atoms with Crippen molar-refractivity contribution in [2.45, 2.75) is 38.9 Å². The fourth-order valence-electron chi connectivity index (χ4n) is 1.67. The molecule has 1 atom stereocenters. The second kappa shape index (κ2) is 5.54. The van der Waals surface area contributed by atoms with Crippen molar-refractivity contribution in [2.24, 2.45) is 11.7 Å². The van der Waals surface area contributed by atoms with Gasteiger partial charge < -0.3 is 5.73 Å². The molecule has 0 saturated carbocycles. The van der Waals surface area contributed by atoms with Gasteiger partial charge in [0.15, 0.2) is 0 Å². The molecule has 0 radical (unpaired) electrons. The summed E-state index contributed by atoms with van der Waals surface area (Å²) < 4.78 is 38.1. The Labute approximate surface area is 99.8 Å². The first kappa shape index (κ1) is 14.0. The lowest BCUT2D eigenvalue weighted by Crippen LogP contribution is -2.27. The van der Waals surface area contributed by atoms with Crippen molar-refractivity contribution >= 4 is 0 Å². The van der Waals surface area contributed by atoms with Crippen LogP contribution in [0.2, 0.25) is 0 Å². The van der Waals surface area contributed by atoms with Crippen molar-refractivity contribution in [3.8, 4) is 0 Å². The minimum Gasteiger partial charge on any atom is -0.327 e. The summed E-state index contributed by atoms with van der Waals surface area (Å²) in [5.41, 5.74) is 5.63. The average Bonchev–Trinajstić information content (AvgIpc) is 2.24. The fraction of sp³-hybridized carbons (Fsp3) is 0.538. The van der Waals surface area contributed by atoms with E-state index in [0.717, 1.165) is 6.07 Å². The van der Waals surface area contributed by atoms with Gasteiger partial charge in [0.2, 0.25) is 0 Å². The standard InChI is InChI=1S/C13H18F3N/c1-9(2)12(17)8-7-10-5-3-4-6-11(10)13(14,15)16/h3-6,9,12H,7-8,17H2,1-2H3. The monoisotopic (exact) mass is 245 g/mol. The molecule has 0 aliphatic rings. The molecule has 17 heavy (non-hydrogen) atoms. The molecular formula is C13H18F3N. The molecule has 0 amide bonds. The topological polar surface area (TPSA) is 26.0 Å². The maximum absolute atomic E-state index is 12.7. The first-order valence-electron chi connectivity index (χ1n) is 5.73. The molecule has 1 aromatic carbocycles. The summed E-state index contributed by atoms with van der Waals surface area (Å²) in [7, 11) is 0. The Morgan fingerprint density at radius 2 is 1.76 bits per heavy atom. The third-order valence-corrected chi connectivity index (χ3v) is 2.93. The molecule has 1 aromatic rings. The summed E-state index contributed by atoms with van der Waals surface area (Å²) in [6.45, 7) is 3.95. The van der Waals surface area contributed by atoms with E-state index in [2.05, 4.69) is 0 Å². The summed E-state index contributed by atoms with van der Waals surface area (Å²) in [5, 5.41) is 0. The van der Waals surface area contributed by atoms with Gasteiger partial charge in [0, 0.05) is 6.04 Å². The largest absolute Gasteiger partial charge is 0.416 e. The second-order valence-electron chi connectivity index (χ2n) is 4.60. The summed E-state index contributed by atoms with van der Waals surface area (Å²) >= 11 is 0. The van der Waals surface area contributed by atoms with Crippen molar-refractivity contribution in [2.75, 3.05) is 0 Å². The average molecular weight is 245 g/mol. The lowest BCUT2D eigenvalue weighted by atomic mass is 9.95. The van der Waals surface area contributed by atoms with Crippen LogP contribution in [0.4, 0.5) is 13.2 Å². The van der Waals surface area contributed by atoms with Gasteiger partial charge in [-0.05, 0) is 30.4 Å². The van der Waals surface area contributed by atoms with E-state index >= 15 is 0 Å². The lowest BCUT2D eigenvalue weighted by molar-refractivity contribution is -0.138. The van der Waals surface area contributed by atoms with Crippen LogP contribution in [0.1, 0.15) is 31.4 Å². The van der Waals surface area contributed by atoms with Crippen LogP contribution in [-0.4, -0.2) is 6.04 Å². The Balaban J connectivity index is 2.78. The minimum atomic E-state index is -4.28. The number of aryl methyl sites for hydroxylation is 1. The van der Waals surface area contributed by atoms with Gasteiger partial charge in [-0.15, -0.1) is 0 Å². The highest BCUT2D eigenvalue weighted by atomic mass is 19.4. The molecule has 0 fully saturated rings. The van der Waals surface area contributed by atoms with E-state index in [1.54, 1.807) is 6.07 Å². The van der Waals surface area contributed by atoms with Gasteiger partial charge in [0.25, 0.3) is 0 Å².